The molecule has 0 aromatic heterocycles. The van der Waals surface area contributed by atoms with E-state index in [1.807, 2.05) is 37.3 Å². The molecule has 0 amide bonds. The minimum absolute atomic E-state index is 0.320. The summed E-state index contributed by atoms with van der Waals surface area (Å²) in [5.74, 6) is 0.759. The van der Waals surface area contributed by atoms with Crippen molar-refractivity contribution < 1.29 is 9.84 Å². The largest absolute Gasteiger partial charge is 0.384 e. The summed E-state index contributed by atoms with van der Waals surface area (Å²) in [5, 5.41) is 17.3. The molecule has 0 radical (unpaired) electrons. The zero-order chi connectivity index (χ0) is 18.7. The summed E-state index contributed by atoms with van der Waals surface area (Å²) in [4.78, 5) is 7.02. The first-order chi connectivity index (χ1) is 12.6. The third-order valence-corrected chi connectivity index (χ3v) is 4.58. The van der Waals surface area contributed by atoms with Gasteiger partial charge in [0.15, 0.2) is 5.96 Å². The van der Waals surface area contributed by atoms with Gasteiger partial charge in [-0.1, -0.05) is 30.3 Å². The van der Waals surface area contributed by atoms with Crippen molar-refractivity contribution in [2.24, 2.45) is 4.99 Å². The van der Waals surface area contributed by atoms with Crippen LogP contribution in [0.1, 0.15) is 32.3 Å². The molecule has 1 aliphatic heterocycles. The minimum Gasteiger partial charge on any atom is -0.384 e. The van der Waals surface area contributed by atoms with Crippen LogP contribution in [0.4, 0.5) is 0 Å². The topological polar surface area (TPSA) is 69.1 Å². The molecule has 1 atom stereocenters. The fourth-order valence-electron chi connectivity index (χ4n) is 2.96. The highest BCUT2D eigenvalue weighted by molar-refractivity contribution is 5.79. The average molecular weight is 363 g/mol. The summed E-state index contributed by atoms with van der Waals surface area (Å²) < 4.78 is 5.37. The van der Waals surface area contributed by atoms with Crippen LogP contribution >= 0.6 is 0 Å². The molecule has 146 valence electrons. The van der Waals surface area contributed by atoms with Gasteiger partial charge in [-0.15, -0.1) is 0 Å². The van der Waals surface area contributed by atoms with Gasteiger partial charge in [0.1, 0.15) is 5.60 Å². The van der Waals surface area contributed by atoms with Crippen molar-refractivity contribution in [2.75, 3.05) is 52.5 Å². The van der Waals surface area contributed by atoms with Crippen LogP contribution in [0.2, 0.25) is 0 Å². The summed E-state index contributed by atoms with van der Waals surface area (Å²) in [6.45, 7) is 10.8. The SMILES string of the molecule is CCNC(=NCC(C)(O)c1ccccc1)NCCCCN1CCOCC1. The van der Waals surface area contributed by atoms with Gasteiger partial charge in [-0.25, -0.2) is 4.99 Å². The van der Waals surface area contributed by atoms with Crippen LogP contribution in [0.25, 0.3) is 0 Å². The number of hydrogen-bond donors (Lipinski definition) is 3. The summed E-state index contributed by atoms with van der Waals surface area (Å²) in [6.07, 6.45) is 2.25. The number of morpholine rings is 1. The van der Waals surface area contributed by atoms with E-state index < -0.39 is 5.60 Å². The molecule has 1 heterocycles. The Morgan fingerprint density at radius 3 is 2.62 bits per heavy atom. The summed E-state index contributed by atoms with van der Waals surface area (Å²) in [5.41, 5.74) is -0.0925. The molecule has 6 nitrogen and oxygen atoms in total. The van der Waals surface area contributed by atoms with Gasteiger partial charge in [-0.05, 0) is 38.8 Å². The highest BCUT2D eigenvalue weighted by atomic mass is 16.5. The summed E-state index contributed by atoms with van der Waals surface area (Å²) >= 11 is 0. The standard InChI is InChI=1S/C20H34N4O2/c1-3-21-19(22-11-7-8-12-24-13-15-26-16-14-24)23-17-20(2,25)18-9-5-4-6-10-18/h4-6,9-10,25H,3,7-8,11-17H2,1-2H3,(H2,21,22,23). The predicted octanol–water partition coefficient (Wildman–Crippen LogP) is 1.56. The first-order valence-corrected chi connectivity index (χ1v) is 9.72. The van der Waals surface area contributed by atoms with E-state index in [2.05, 4.69) is 20.5 Å². The highest BCUT2D eigenvalue weighted by Crippen LogP contribution is 2.20. The maximum absolute atomic E-state index is 10.7. The number of ether oxygens (including phenoxy) is 1. The molecular weight excluding hydrogens is 328 g/mol. The number of unbranched alkanes of at least 4 members (excludes halogenated alkanes) is 1. The van der Waals surface area contributed by atoms with Gasteiger partial charge >= 0.3 is 0 Å². The molecule has 0 bridgehead atoms. The van der Waals surface area contributed by atoms with Crippen molar-refractivity contribution in [1.82, 2.24) is 15.5 Å². The quantitative estimate of drug-likeness (QED) is 0.353. The Morgan fingerprint density at radius 1 is 1.19 bits per heavy atom. The van der Waals surface area contributed by atoms with Crippen LogP contribution in [0, 0.1) is 0 Å². The van der Waals surface area contributed by atoms with E-state index in [9.17, 15) is 5.11 Å². The van der Waals surface area contributed by atoms with Crippen molar-refractivity contribution in [3.63, 3.8) is 0 Å². The molecular formula is C20H34N4O2. The van der Waals surface area contributed by atoms with Gasteiger partial charge in [0.05, 0.1) is 19.8 Å². The second-order valence-electron chi connectivity index (χ2n) is 6.92. The first-order valence-electron chi connectivity index (χ1n) is 9.72. The monoisotopic (exact) mass is 362 g/mol. The molecule has 2 rings (SSSR count). The normalized spacial score (nSPS) is 18.3. The van der Waals surface area contributed by atoms with E-state index in [4.69, 9.17) is 4.74 Å². The molecule has 0 aliphatic carbocycles. The Hall–Kier alpha value is -1.63. The molecule has 1 aromatic carbocycles. The Labute approximate surface area is 157 Å². The molecule has 1 unspecified atom stereocenters. The van der Waals surface area contributed by atoms with Crippen molar-refractivity contribution in [1.29, 1.82) is 0 Å². The van der Waals surface area contributed by atoms with Crippen LogP contribution in [-0.4, -0.2) is 68.4 Å². The van der Waals surface area contributed by atoms with Gasteiger partial charge in [0.2, 0.25) is 0 Å². The average Bonchev–Trinajstić information content (AvgIpc) is 2.67. The van der Waals surface area contributed by atoms with E-state index in [0.717, 1.165) is 70.3 Å². The number of benzene rings is 1. The predicted molar refractivity (Wildman–Crippen MR) is 106 cm³/mol. The van der Waals surface area contributed by atoms with Crippen LogP contribution in [0.5, 0.6) is 0 Å². The molecule has 1 saturated heterocycles. The summed E-state index contributed by atoms with van der Waals surface area (Å²) in [6, 6.07) is 9.69. The number of hydrogen-bond acceptors (Lipinski definition) is 4. The Morgan fingerprint density at radius 2 is 1.92 bits per heavy atom. The number of aliphatic imine (C=N–C) groups is 1. The fourth-order valence-corrected chi connectivity index (χ4v) is 2.96. The van der Waals surface area contributed by atoms with Crippen LogP contribution < -0.4 is 10.6 Å². The van der Waals surface area contributed by atoms with Gasteiger partial charge < -0.3 is 20.5 Å². The number of rotatable bonds is 9. The van der Waals surface area contributed by atoms with E-state index in [0.29, 0.717) is 6.54 Å². The van der Waals surface area contributed by atoms with Crippen molar-refractivity contribution >= 4 is 5.96 Å². The molecule has 3 N–H and O–H groups in total. The lowest BCUT2D eigenvalue weighted by molar-refractivity contribution is 0.0372. The second kappa shape index (κ2) is 11.2. The van der Waals surface area contributed by atoms with Gasteiger partial charge in [-0.2, -0.15) is 0 Å². The number of nitrogens with zero attached hydrogens (tertiary/aromatic N) is 2. The van der Waals surface area contributed by atoms with E-state index in [1.54, 1.807) is 6.92 Å². The number of aliphatic hydroxyl groups is 1. The van der Waals surface area contributed by atoms with Crippen LogP contribution in [-0.2, 0) is 10.3 Å². The van der Waals surface area contributed by atoms with Gasteiger partial charge in [0.25, 0.3) is 0 Å². The van der Waals surface area contributed by atoms with Crippen molar-refractivity contribution in [3.8, 4) is 0 Å². The Kier molecular flexibility index (Phi) is 8.88. The lowest BCUT2D eigenvalue weighted by Crippen LogP contribution is -2.40. The van der Waals surface area contributed by atoms with E-state index in [-0.39, 0.29) is 0 Å². The maximum Gasteiger partial charge on any atom is 0.191 e. The summed E-state index contributed by atoms with van der Waals surface area (Å²) in [7, 11) is 0. The van der Waals surface area contributed by atoms with E-state index >= 15 is 0 Å². The molecule has 1 aromatic rings. The third kappa shape index (κ3) is 7.32. The fraction of sp³-hybridized carbons (Fsp3) is 0.650. The lowest BCUT2D eigenvalue weighted by Gasteiger charge is -2.26. The molecule has 6 heteroatoms. The first kappa shape index (κ1) is 20.7. The molecule has 1 aliphatic rings. The lowest BCUT2D eigenvalue weighted by atomic mass is 9.96. The minimum atomic E-state index is -0.972. The Balaban J connectivity index is 1.73. The maximum atomic E-state index is 10.7. The van der Waals surface area contributed by atoms with Crippen LogP contribution in [0.15, 0.2) is 35.3 Å². The second-order valence-corrected chi connectivity index (χ2v) is 6.92. The third-order valence-electron chi connectivity index (χ3n) is 4.58. The molecule has 1 fully saturated rings. The number of nitrogens with one attached hydrogen (secondary N) is 2. The van der Waals surface area contributed by atoms with Gasteiger partial charge in [0, 0.05) is 26.2 Å². The van der Waals surface area contributed by atoms with Crippen LogP contribution in [0.3, 0.4) is 0 Å². The number of guanidine groups is 1. The molecule has 26 heavy (non-hydrogen) atoms. The van der Waals surface area contributed by atoms with Crippen molar-refractivity contribution in [3.05, 3.63) is 35.9 Å². The van der Waals surface area contributed by atoms with Crippen molar-refractivity contribution in [2.45, 2.75) is 32.3 Å². The highest BCUT2D eigenvalue weighted by Gasteiger charge is 2.22. The zero-order valence-electron chi connectivity index (χ0n) is 16.2. The zero-order valence-corrected chi connectivity index (χ0v) is 16.2. The molecule has 0 spiro atoms. The smallest absolute Gasteiger partial charge is 0.191 e. The van der Waals surface area contributed by atoms with E-state index in [1.165, 1.54) is 0 Å². The van der Waals surface area contributed by atoms with Gasteiger partial charge in [-0.3, -0.25) is 4.90 Å². The Bertz CT molecular complexity index is 528. The molecule has 0 saturated carbocycles.